The van der Waals surface area contributed by atoms with Crippen LogP contribution in [0.3, 0.4) is 0 Å². The fraction of sp³-hybridized carbons (Fsp3) is 0.519. The summed E-state index contributed by atoms with van der Waals surface area (Å²) in [6.45, 7) is 1.01. The number of carbonyl (C=O) groups is 1. The van der Waals surface area contributed by atoms with Crippen LogP contribution in [-0.2, 0) is 5.54 Å². The van der Waals surface area contributed by atoms with Crippen LogP contribution < -0.4 is 4.90 Å². The maximum absolute atomic E-state index is 13.8. The van der Waals surface area contributed by atoms with E-state index >= 15 is 0 Å². The van der Waals surface area contributed by atoms with E-state index in [0.29, 0.717) is 18.8 Å². The highest BCUT2D eigenvalue weighted by Crippen LogP contribution is 2.51. The molecule has 8 heteroatoms. The molecule has 1 aliphatic heterocycles. The molecular weight excluding hydrogens is 438 g/mol. The summed E-state index contributed by atoms with van der Waals surface area (Å²) in [6, 6.07) is 15.0. The van der Waals surface area contributed by atoms with Crippen molar-refractivity contribution in [2.75, 3.05) is 32.1 Å². The van der Waals surface area contributed by atoms with Crippen LogP contribution in [0.15, 0.2) is 42.7 Å². The quantitative estimate of drug-likeness (QED) is 0.655. The van der Waals surface area contributed by atoms with Crippen LogP contribution in [-0.4, -0.2) is 58.5 Å². The Balaban J connectivity index is 1.48. The molecule has 180 valence electrons. The predicted molar refractivity (Wildman–Crippen MR) is 131 cm³/mol. The number of nitrogens with zero attached hydrogens (tertiary/aromatic N) is 7. The van der Waals surface area contributed by atoms with E-state index in [4.69, 9.17) is 5.26 Å². The predicted octanol–water partition coefficient (Wildman–Crippen LogP) is 4.05. The summed E-state index contributed by atoms with van der Waals surface area (Å²) in [4.78, 5) is 28.1. The van der Waals surface area contributed by atoms with Gasteiger partial charge in [-0.25, -0.2) is 14.8 Å². The first-order valence-corrected chi connectivity index (χ1v) is 12.3. The molecule has 0 N–H and O–H groups in total. The van der Waals surface area contributed by atoms with Gasteiger partial charge >= 0.3 is 6.03 Å². The third kappa shape index (κ3) is 3.73. The molecule has 1 saturated heterocycles. The largest absolute Gasteiger partial charge is 0.325 e. The minimum Gasteiger partial charge on any atom is -0.315 e. The number of urea groups is 1. The molecule has 2 aromatic rings. The number of benzene rings is 1. The molecule has 1 aromatic heterocycles. The van der Waals surface area contributed by atoms with E-state index in [1.807, 2.05) is 17.0 Å². The lowest BCUT2D eigenvalue weighted by atomic mass is 9.66. The fourth-order valence-electron chi connectivity index (χ4n) is 6.26. The van der Waals surface area contributed by atoms with E-state index in [1.54, 1.807) is 17.3 Å². The van der Waals surface area contributed by atoms with Crippen LogP contribution in [0.1, 0.15) is 56.3 Å². The number of carbonyl (C=O) groups excluding carboxylic acids is 1. The number of nitriles is 2. The standard InChI is InChI=1S/C27H31N7O/c1-32(2)27(21-7-4-3-5-8-21)13-11-26(12-14-27)20-33(22-16-30-23(15-28)31-17-22)24(35)34(26)19-25(18-29)9-6-10-25/h3-5,7-8,16-17H,6,9-14,19-20H2,1-2H3. The van der Waals surface area contributed by atoms with Crippen LogP contribution in [0, 0.1) is 28.1 Å². The summed E-state index contributed by atoms with van der Waals surface area (Å²) in [6.07, 6.45) is 9.37. The third-order valence-corrected chi connectivity index (χ3v) is 8.72. The van der Waals surface area contributed by atoms with Crippen LogP contribution in [0.4, 0.5) is 10.5 Å². The summed E-state index contributed by atoms with van der Waals surface area (Å²) in [5, 5.41) is 19.0. The van der Waals surface area contributed by atoms with Crippen molar-refractivity contribution in [3.8, 4) is 12.1 Å². The zero-order chi connectivity index (χ0) is 24.7. The molecule has 35 heavy (non-hydrogen) atoms. The lowest BCUT2D eigenvalue weighted by molar-refractivity contribution is 0.00826. The Bertz CT molecular complexity index is 1170. The summed E-state index contributed by atoms with van der Waals surface area (Å²) >= 11 is 0. The second-order valence-electron chi connectivity index (χ2n) is 10.6. The van der Waals surface area contributed by atoms with Crippen molar-refractivity contribution in [2.24, 2.45) is 5.41 Å². The van der Waals surface area contributed by atoms with E-state index in [9.17, 15) is 10.1 Å². The van der Waals surface area contributed by atoms with Crippen molar-refractivity contribution in [1.29, 1.82) is 10.5 Å². The smallest absolute Gasteiger partial charge is 0.315 e. The highest BCUT2D eigenvalue weighted by Gasteiger charge is 2.57. The molecule has 0 radical (unpaired) electrons. The third-order valence-electron chi connectivity index (χ3n) is 8.72. The van der Waals surface area contributed by atoms with Crippen LogP contribution in [0.2, 0.25) is 0 Å². The molecule has 2 saturated carbocycles. The number of aromatic nitrogens is 2. The Morgan fingerprint density at radius 2 is 1.66 bits per heavy atom. The minimum atomic E-state index is -0.449. The number of amides is 2. The van der Waals surface area contributed by atoms with Crippen molar-refractivity contribution in [3.05, 3.63) is 54.1 Å². The van der Waals surface area contributed by atoms with E-state index in [1.165, 1.54) is 5.56 Å². The first-order chi connectivity index (χ1) is 16.9. The Labute approximate surface area is 206 Å². The molecule has 1 spiro atoms. The first-order valence-electron chi connectivity index (χ1n) is 12.3. The maximum Gasteiger partial charge on any atom is 0.325 e. The molecule has 2 amide bonds. The second-order valence-corrected chi connectivity index (χ2v) is 10.6. The van der Waals surface area contributed by atoms with Crippen molar-refractivity contribution < 1.29 is 4.79 Å². The van der Waals surface area contributed by atoms with Crippen molar-refractivity contribution >= 4 is 11.7 Å². The fourth-order valence-corrected chi connectivity index (χ4v) is 6.26. The summed E-state index contributed by atoms with van der Waals surface area (Å²) < 4.78 is 0. The highest BCUT2D eigenvalue weighted by atomic mass is 16.2. The minimum absolute atomic E-state index is 0.0844. The lowest BCUT2D eigenvalue weighted by Crippen LogP contribution is -2.57. The van der Waals surface area contributed by atoms with Gasteiger partial charge in [-0.05, 0) is 58.2 Å². The molecule has 3 aliphatic rings. The molecule has 2 aliphatic carbocycles. The molecule has 2 heterocycles. The van der Waals surface area contributed by atoms with Crippen LogP contribution in [0.5, 0.6) is 0 Å². The molecule has 0 atom stereocenters. The lowest BCUT2D eigenvalue weighted by Gasteiger charge is -2.52. The summed E-state index contributed by atoms with van der Waals surface area (Å²) in [7, 11) is 4.28. The van der Waals surface area contributed by atoms with Gasteiger partial charge in [0.1, 0.15) is 6.07 Å². The molecule has 5 rings (SSSR count). The van der Waals surface area contributed by atoms with Gasteiger partial charge in [-0.3, -0.25) is 9.80 Å². The zero-order valence-corrected chi connectivity index (χ0v) is 20.4. The second kappa shape index (κ2) is 8.62. The molecule has 3 fully saturated rings. The monoisotopic (exact) mass is 469 g/mol. The van der Waals surface area contributed by atoms with Crippen molar-refractivity contribution in [2.45, 2.75) is 56.0 Å². The van der Waals surface area contributed by atoms with Gasteiger partial charge in [0.25, 0.3) is 0 Å². The molecule has 8 nitrogen and oxygen atoms in total. The maximum atomic E-state index is 13.8. The van der Waals surface area contributed by atoms with Gasteiger partial charge in [0.2, 0.25) is 5.82 Å². The van der Waals surface area contributed by atoms with E-state index in [-0.39, 0.29) is 22.9 Å². The van der Waals surface area contributed by atoms with Gasteiger partial charge in [0.05, 0.1) is 41.6 Å². The normalized spacial score (nSPS) is 27.5. The van der Waals surface area contributed by atoms with Gasteiger partial charge in [-0.2, -0.15) is 10.5 Å². The van der Waals surface area contributed by atoms with Gasteiger partial charge in [0.15, 0.2) is 0 Å². The van der Waals surface area contributed by atoms with Crippen molar-refractivity contribution in [1.82, 2.24) is 19.8 Å². The number of hydrogen-bond donors (Lipinski definition) is 0. The molecule has 0 bridgehead atoms. The zero-order valence-electron chi connectivity index (χ0n) is 20.4. The molecule has 1 aromatic carbocycles. The van der Waals surface area contributed by atoms with Crippen molar-refractivity contribution in [3.63, 3.8) is 0 Å². The topological polar surface area (TPSA) is 100 Å². The SMILES string of the molecule is CN(C)C1(c2ccccc2)CCC2(CC1)CN(c1cnc(C#N)nc1)C(=O)N2CC1(C#N)CCC1. The van der Waals surface area contributed by atoms with E-state index in [2.05, 4.69) is 59.3 Å². The van der Waals surface area contributed by atoms with E-state index in [0.717, 1.165) is 44.9 Å². The Hall–Kier alpha value is -3.49. The van der Waals surface area contributed by atoms with Crippen LogP contribution >= 0.6 is 0 Å². The average Bonchev–Trinajstić information content (AvgIpc) is 3.13. The number of anilines is 1. The Morgan fingerprint density at radius 3 is 2.17 bits per heavy atom. The Kier molecular flexibility index (Phi) is 5.73. The molecular formula is C27H31N7O. The summed E-state index contributed by atoms with van der Waals surface area (Å²) in [5.74, 6) is 0.0844. The highest BCUT2D eigenvalue weighted by molar-refractivity contribution is 5.95. The van der Waals surface area contributed by atoms with Gasteiger partial charge in [-0.1, -0.05) is 36.8 Å². The number of rotatable bonds is 5. The van der Waals surface area contributed by atoms with Gasteiger partial charge in [0, 0.05) is 12.1 Å². The summed E-state index contributed by atoms with van der Waals surface area (Å²) in [5.41, 5.74) is 1.02. The molecule has 0 unspecified atom stereocenters. The van der Waals surface area contributed by atoms with E-state index < -0.39 is 5.41 Å². The van der Waals surface area contributed by atoms with Crippen LogP contribution in [0.25, 0.3) is 0 Å². The Morgan fingerprint density at radius 1 is 1.00 bits per heavy atom. The van der Waals surface area contributed by atoms with Gasteiger partial charge in [-0.15, -0.1) is 0 Å². The average molecular weight is 470 g/mol. The van der Waals surface area contributed by atoms with Gasteiger partial charge < -0.3 is 4.90 Å². The number of hydrogen-bond acceptors (Lipinski definition) is 6. The first kappa shape index (κ1) is 23.3.